The Balaban J connectivity index is 0.000000225. The van der Waals surface area contributed by atoms with Crippen molar-refractivity contribution in [1.29, 1.82) is 0 Å². The third-order valence-electron chi connectivity index (χ3n) is 3.63. The number of thiazole rings is 2. The largest absolute Gasteiger partial charge is 0.460 e. The molecule has 15 heteroatoms. The Kier molecular flexibility index (Phi) is 12.7. The Hall–Kier alpha value is -3.44. The summed E-state index contributed by atoms with van der Waals surface area (Å²) in [5, 5.41) is 7.76. The molecule has 11 nitrogen and oxygen atoms in total. The van der Waals surface area contributed by atoms with E-state index < -0.39 is 11.9 Å². The molecule has 3 aromatic heterocycles. The maximum absolute atomic E-state index is 11.3. The Morgan fingerprint density at radius 1 is 1.08 bits per heavy atom. The Bertz CT molecular complexity index is 1350. The molecule has 1 aliphatic heterocycles. The molecule has 4 heterocycles. The Morgan fingerprint density at radius 2 is 1.71 bits per heavy atom. The van der Waals surface area contributed by atoms with Crippen molar-refractivity contribution in [2.75, 3.05) is 6.54 Å². The molecule has 0 saturated carbocycles. The average molecular weight is 597 g/mol. The van der Waals surface area contributed by atoms with Crippen molar-refractivity contribution in [2.24, 2.45) is 9.98 Å². The van der Waals surface area contributed by atoms with Gasteiger partial charge < -0.3 is 9.47 Å². The van der Waals surface area contributed by atoms with Crippen LogP contribution < -0.4 is 0 Å². The van der Waals surface area contributed by atoms with Crippen LogP contribution >= 0.6 is 45.9 Å². The number of hydrogen-bond acceptors (Lipinski definition) is 12. The molecular formula is C23H23Cl2N7O4S2. The van der Waals surface area contributed by atoms with Crippen LogP contribution in [-0.2, 0) is 19.1 Å². The Morgan fingerprint density at radius 3 is 2.18 bits per heavy atom. The van der Waals surface area contributed by atoms with E-state index in [1.165, 1.54) is 46.0 Å². The average Bonchev–Trinajstić information content (AvgIpc) is 3.65. The fraction of sp³-hybridized carbons (Fsp3) is 0.304. The van der Waals surface area contributed by atoms with E-state index in [1.54, 1.807) is 39.3 Å². The normalized spacial score (nSPS) is 11.9. The molecule has 0 aromatic carbocycles. The lowest BCUT2D eigenvalue weighted by atomic mass is 10.5. The van der Waals surface area contributed by atoms with Crippen molar-refractivity contribution < 1.29 is 19.1 Å². The molecule has 38 heavy (non-hydrogen) atoms. The van der Waals surface area contributed by atoms with Crippen LogP contribution in [0.3, 0.4) is 0 Å². The SMILES string of the molecule is C#CC(=O)OC(C)C.CC(C)OC(=O)/C=C\n1cnc(-c2csc(Cl)n2)n1.Clc1nc(C2=NCC=N2)cs1. The van der Waals surface area contributed by atoms with E-state index in [-0.39, 0.29) is 12.2 Å². The van der Waals surface area contributed by atoms with E-state index in [9.17, 15) is 9.59 Å². The summed E-state index contributed by atoms with van der Waals surface area (Å²) in [6.45, 7) is 7.71. The molecular weight excluding hydrogens is 573 g/mol. The van der Waals surface area contributed by atoms with Gasteiger partial charge in [-0.05, 0) is 27.7 Å². The lowest BCUT2D eigenvalue weighted by Gasteiger charge is -2.03. The monoisotopic (exact) mass is 595 g/mol. The number of ether oxygens (including phenoxy) is 2. The van der Waals surface area contributed by atoms with Crippen LogP contribution in [0.25, 0.3) is 17.7 Å². The molecule has 200 valence electrons. The first kappa shape index (κ1) is 30.8. The second-order valence-electron chi connectivity index (χ2n) is 7.40. The third-order valence-corrected chi connectivity index (χ3v) is 5.59. The van der Waals surface area contributed by atoms with Crippen molar-refractivity contribution in [3.8, 4) is 23.9 Å². The van der Waals surface area contributed by atoms with Gasteiger partial charge in [0.2, 0.25) is 5.82 Å². The second kappa shape index (κ2) is 15.7. The van der Waals surface area contributed by atoms with Gasteiger partial charge in [-0.15, -0.1) is 34.2 Å². The smallest absolute Gasteiger partial charge is 0.384 e. The van der Waals surface area contributed by atoms with Crippen LogP contribution in [0.4, 0.5) is 0 Å². The zero-order valence-electron chi connectivity index (χ0n) is 20.7. The number of esters is 2. The molecule has 4 rings (SSSR count). The molecule has 0 spiro atoms. The van der Waals surface area contributed by atoms with Crippen molar-refractivity contribution in [3.05, 3.63) is 37.8 Å². The summed E-state index contributed by atoms with van der Waals surface area (Å²) in [7, 11) is 0. The van der Waals surface area contributed by atoms with Gasteiger partial charge in [-0.25, -0.2) is 34.2 Å². The summed E-state index contributed by atoms with van der Waals surface area (Å²) >= 11 is 14.1. The van der Waals surface area contributed by atoms with E-state index in [0.717, 1.165) is 5.69 Å². The molecule has 1 aliphatic rings. The second-order valence-corrected chi connectivity index (χ2v) is 10.3. The van der Waals surface area contributed by atoms with Crippen molar-refractivity contribution in [1.82, 2.24) is 24.7 Å². The third kappa shape index (κ3) is 11.3. The molecule has 0 fully saturated rings. The molecule has 0 radical (unpaired) electrons. The predicted octanol–water partition coefficient (Wildman–Crippen LogP) is 4.68. The maximum Gasteiger partial charge on any atom is 0.384 e. The van der Waals surface area contributed by atoms with Crippen molar-refractivity contribution >= 4 is 76.1 Å². The minimum Gasteiger partial charge on any atom is -0.460 e. The van der Waals surface area contributed by atoms with E-state index in [1.807, 2.05) is 11.3 Å². The maximum atomic E-state index is 11.3. The highest BCUT2D eigenvalue weighted by molar-refractivity contribution is 7.14. The summed E-state index contributed by atoms with van der Waals surface area (Å²) in [5.41, 5.74) is 1.38. The lowest BCUT2D eigenvalue weighted by molar-refractivity contribution is -0.141. The van der Waals surface area contributed by atoms with Gasteiger partial charge in [0.25, 0.3) is 0 Å². The number of hydrogen-bond donors (Lipinski definition) is 0. The fourth-order valence-electron chi connectivity index (χ4n) is 2.27. The molecule has 0 N–H and O–H groups in total. The van der Waals surface area contributed by atoms with E-state index in [4.69, 9.17) is 34.4 Å². The number of carbonyl (C=O) groups excluding carboxylic acids is 2. The van der Waals surface area contributed by atoms with Gasteiger partial charge in [0.05, 0.1) is 18.8 Å². The highest BCUT2D eigenvalue weighted by Crippen LogP contribution is 2.21. The van der Waals surface area contributed by atoms with E-state index >= 15 is 0 Å². The van der Waals surface area contributed by atoms with Gasteiger partial charge in [0, 0.05) is 35.2 Å². The number of rotatable bonds is 6. The van der Waals surface area contributed by atoms with Gasteiger partial charge in [0.15, 0.2) is 14.8 Å². The number of halogens is 2. The van der Waals surface area contributed by atoms with Gasteiger partial charge in [0.1, 0.15) is 17.7 Å². The molecule has 0 saturated heterocycles. The first-order valence-corrected chi connectivity index (χ1v) is 13.4. The fourth-order valence-corrected chi connectivity index (χ4v) is 3.76. The van der Waals surface area contributed by atoms with Gasteiger partial charge >= 0.3 is 11.9 Å². The van der Waals surface area contributed by atoms with Crippen molar-refractivity contribution in [2.45, 2.75) is 39.9 Å². The molecule has 0 amide bonds. The highest BCUT2D eigenvalue weighted by Gasteiger charge is 2.09. The molecule has 0 atom stereocenters. The number of aliphatic imine (C=N–C) groups is 2. The molecule has 3 aromatic rings. The zero-order chi connectivity index (χ0) is 28.1. The summed E-state index contributed by atoms with van der Waals surface area (Å²) in [6, 6.07) is 0. The standard InChI is InChI=1S/C11H11ClN4O2S.C6H4ClN3S.C6H8O2/c1-7(2)18-9(17)3-4-16-6-13-10(15-16)8-5-19-11(12)14-8;7-6-10-4(3-11-6)5-8-1-2-9-5;1-4-6(7)8-5(2)3/h3-7H,1-2H3;1,3H,2H2;1,5H,2-3H3/b4-3-;;. The number of amidine groups is 1. The summed E-state index contributed by atoms with van der Waals surface area (Å²) in [4.78, 5) is 41.8. The lowest BCUT2D eigenvalue weighted by Crippen LogP contribution is -2.08. The first-order chi connectivity index (χ1) is 18.1. The zero-order valence-corrected chi connectivity index (χ0v) is 23.9. The van der Waals surface area contributed by atoms with Gasteiger partial charge in [-0.1, -0.05) is 23.2 Å². The van der Waals surface area contributed by atoms with Crippen LogP contribution in [0.2, 0.25) is 8.93 Å². The highest BCUT2D eigenvalue weighted by atomic mass is 35.5. The van der Waals surface area contributed by atoms with Gasteiger partial charge in [-0.3, -0.25) is 4.99 Å². The minimum atomic E-state index is -0.597. The molecule has 0 aliphatic carbocycles. The van der Waals surface area contributed by atoms with Gasteiger partial charge in [-0.2, -0.15) is 0 Å². The van der Waals surface area contributed by atoms with Crippen LogP contribution in [0.5, 0.6) is 0 Å². The summed E-state index contributed by atoms with van der Waals surface area (Å²) in [5.74, 6) is 1.95. The Labute approximate surface area is 237 Å². The molecule has 0 unspecified atom stereocenters. The van der Waals surface area contributed by atoms with Crippen LogP contribution in [-0.4, -0.2) is 67.5 Å². The minimum absolute atomic E-state index is 0.112. The van der Waals surface area contributed by atoms with Crippen molar-refractivity contribution in [3.63, 3.8) is 0 Å². The number of carbonyl (C=O) groups is 2. The van der Waals surface area contributed by atoms with E-state index in [0.29, 0.717) is 32.8 Å². The number of aromatic nitrogens is 5. The van der Waals surface area contributed by atoms with Crippen LogP contribution in [0.1, 0.15) is 33.4 Å². The summed E-state index contributed by atoms with van der Waals surface area (Å²) in [6.07, 6.45) is 10.4. The topological polar surface area (TPSA) is 134 Å². The van der Waals surface area contributed by atoms with Crippen LogP contribution in [0, 0.1) is 12.3 Å². The quantitative estimate of drug-likeness (QED) is 0.173. The van der Waals surface area contributed by atoms with Crippen LogP contribution in [0.15, 0.2) is 33.1 Å². The molecule has 0 bridgehead atoms. The predicted molar refractivity (Wildman–Crippen MR) is 150 cm³/mol. The summed E-state index contributed by atoms with van der Waals surface area (Å²) < 4.78 is 11.8. The van der Waals surface area contributed by atoms with E-state index in [2.05, 4.69) is 34.8 Å². The number of terminal acetylenes is 1. The number of nitrogens with zero attached hydrogens (tertiary/aromatic N) is 7. The first-order valence-electron chi connectivity index (χ1n) is 10.8.